The summed E-state index contributed by atoms with van der Waals surface area (Å²) in [5.74, 6) is -0.315. The maximum Gasteiger partial charge on any atom is 0.251 e. The van der Waals surface area contributed by atoms with Crippen LogP contribution in [0.5, 0.6) is 0 Å². The number of halogens is 1. The maximum atomic E-state index is 12.2. The van der Waals surface area contributed by atoms with Crippen LogP contribution in [0.15, 0.2) is 52.3 Å². The van der Waals surface area contributed by atoms with E-state index in [4.69, 9.17) is 11.6 Å². The Bertz CT molecular complexity index is 748. The molecule has 2 N–H and O–H groups in total. The topological polar surface area (TPSA) is 58.2 Å². The van der Waals surface area contributed by atoms with Gasteiger partial charge in [-0.3, -0.25) is 9.59 Å². The number of carbonyl (C=O) groups is 2. The third-order valence-corrected chi connectivity index (χ3v) is 4.75. The Labute approximate surface area is 157 Å². The standard InChI is InChI=1S/C19H21ClN2O2S/c1-3-4-11-21-19(24)14-5-10-18(17(12-14)22-13(2)23)25-16-8-6-15(20)7-9-16/h5-10,12H,3-4,11H2,1-2H3,(H,21,24)(H,22,23). The van der Waals surface area contributed by atoms with E-state index in [-0.39, 0.29) is 11.8 Å². The van der Waals surface area contributed by atoms with E-state index in [1.54, 1.807) is 12.1 Å². The molecule has 25 heavy (non-hydrogen) atoms. The van der Waals surface area contributed by atoms with Crippen LogP contribution in [0.3, 0.4) is 0 Å². The molecule has 132 valence electrons. The second-order valence-electron chi connectivity index (χ2n) is 5.56. The molecule has 2 aromatic rings. The number of benzene rings is 2. The third-order valence-electron chi connectivity index (χ3n) is 3.41. The number of unbranched alkanes of at least 4 members (excludes halogenated alkanes) is 1. The highest BCUT2D eigenvalue weighted by Crippen LogP contribution is 2.34. The zero-order chi connectivity index (χ0) is 18.2. The van der Waals surface area contributed by atoms with Gasteiger partial charge in [-0.2, -0.15) is 0 Å². The smallest absolute Gasteiger partial charge is 0.251 e. The van der Waals surface area contributed by atoms with Gasteiger partial charge in [0.05, 0.1) is 5.69 Å². The number of hydrogen-bond donors (Lipinski definition) is 2. The summed E-state index contributed by atoms with van der Waals surface area (Å²) < 4.78 is 0. The van der Waals surface area contributed by atoms with Crippen molar-refractivity contribution in [2.75, 3.05) is 11.9 Å². The molecule has 0 heterocycles. The second kappa shape index (κ2) is 9.49. The molecule has 0 unspecified atom stereocenters. The number of anilines is 1. The average molecular weight is 377 g/mol. The lowest BCUT2D eigenvalue weighted by Gasteiger charge is -2.12. The first-order chi connectivity index (χ1) is 12.0. The Kier molecular flexibility index (Phi) is 7.34. The molecule has 6 heteroatoms. The SMILES string of the molecule is CCCCNC(=O)c1ccc(Sc2ccc(Cl)cc2)c(NC(C)=O)c1. The van der Waals surface area contributed by atoms with Crippen LogP contribution in [-0.4, -0.2) is 18.4 Å². The van der Waals surface area contributed by atoms with E-state index in [0.717, 1.165) is 22.6 Å². The van der Waals surface area contributed by atoms with Crippen LogP contribution in [-0.2, 0) is 4.79 Å². The fourth-order valence-corrected chi connectivity index (χ4v) is 3.17. The van der Waals surface area contributed by atoms with E-state index in [2.05, 4.69) is 17.6 Å². The van der Waals surface area contributed by atoms with E-state index in [1.807, 2.05) is 30.3 Å². The van der Waals surface area contributed by atoms with Gasteiger partial charge in [0, 0.05) is 33.8 Å². The minimum atomic E-state index is -0.179. The molecule has 0 saturated carbocycles. The summed E-state index contributed by atoms with van der Waals surface area (Å²) >= 11 is 7.41. The second-order valence-corrected chi connectivity index (χ2v) is 7.11. The van der Waals surface area contributed by atoms with Crippen molar-refractivity contribution in [3.8, 4) is 0 Å². The van der Waals surface area contributed by atoms with Crippen LogP contribution in [0, 0.1) is 0 Å². The molecule has 0 aromatic heterocycles. The number of carbonyl (C=O) groups excluding carboxylic acids is 2. The van der Waals surface area contributed by atoms with E-state index in [9.17, 15) is 9.59 Å². The Morgan fingerprint density at radius 1 is 1.12 bits per heavy atom. The van der Waals surface area contributed by atoms with Gasteiger partial charge in [0.1, 0.15) is 0 Å². The first-order valence-corrected chi connectivity index (χ1v) is 9.32. The number of nitrogens with one attached hydrogen (secondary N) is 2. The van der Waals surface area contributed by atoms with Crippen molar-refractivity contribution in [2.24, 2.45) is 0 Å². The van der Waals surface area contributed by atoms with Crippen LogP contribution >= 0.6 is 23.4 Å². The normalized spacial score (nSPS) is 10.4. The summed E-state index contributed by atoms with van der Waals surface area (Å²) in [6, 6.07) is 12.8. The van der Waals surface area contributed by atoms with E-state index >= 15 is 0 Å². The summed E-state index contributed by atoms with van der Waals surface area (Å²) in [6.45, 7) is 4.17. The Morgan fingerprint density at radius 2 is 1.84 bits per heavy atom. The van der Waals surface area contributed by atoms with Crippen molar-refractivity contribution in [3.05, 3.63) is 53.1 Å². The molecule has 0 aliphatic heterocycles. The molecule has 0 bridgehead atoms. The largest absolute Gasteiger partial charge is 0.352 e. The van der Waals surface area contributed by atoms with Crippen molar-refractivity contribution >= 4 is 40.9 Å². The molecule has 0 atom stereocenters. The van der Waals surface area contributed by atoms with E-state index in [0.29, 0.717) is 22.8 Å². The van der Waals surface area contributed by atoms with Crippen molar-refractivity contribution in [1.29, 1.82) is 0 Å². The molecule has 2 aromatic carbocycles. The van der Waals surface area contributed by atoms with Crippen LogP contribution in [0.4, 0.5) is 5.69 Å². The number of amides is 2. The van der Waals surface area contributed by atoms with Gasteiger partial charge < -0.3 is 10.6 Å². The quantitative estimate of drug-likeness (QED) is 0.670. The highest BCUT2D eigenvalue weighted by atomic mass is 35.5. The number of rotatable bonds is 7. The summed E-state index contributed by atoms with van der Waals surface area (Å²) in [5.41, 5.74) is 1.15. The van der Waals surface area contributed by atoms with Crippen molar-refractivity contribution in [3.63, 3.8) is 0 Å². The van der Waals surface area contributed by atoms with Crippen molar-refractivity contribution in [2.45, 2.75) is 36.5 Å². The summed E-state index contributed by atoms with van der Waals surface area (Å²) in [4.78, 5) is 25.6. The lowest BCUT2D eigenvalue weighted by atomic mass is 10.2. The molecule has 2 amide bonds. The highest BCUT2D eigenvalue weighted by molar-refractivity contribution is 7.99. The molecule has 0 aliphatic carbocycles. The third kappa shape index (κ3) is 6.11. The minimum Gasteiger partial charge on any atom is -0.352 e. The zero-order valence-electron chi connectivity index (χ0n) is 14.3. The first kappa shape index (κ1) is 19.3. The molecule has 0 radical (unpaired) electrons. The lowest BCUT2D eigenvalue weighted by molar-refractivity contribution is -0.114. The van der Waals surface area contributed by atoms with Gasteiger partial charge in [-0.1, -0.05) is 36.7 Å². The predicted molar refractivity (Wildman–Crippen MR) is 104 cm³/mol. The van der Waals surface area contributed by atoms with E-state index < -0.39 is 0 Å². The fourth-order valence-electron chi connectivity index (χ4n) is 2.16. The summed E-state index contributed by atoms with van der Waals surface area (Å²) in [6.07, 6.45) is 1.96. The zero-order valence-corrected chi connectivity index (χ0v) is 15.8. The van der Waals surface area contributed by atoms with Crippen LogP contribution < -0.4 is 10.6 Å². The fraction of sp³-hybridized carbons (Fsp3) is 0.263. The monoisotopic (exact) mass is 376 g/mol. The minimum absolute atomic E-state index is 0.136. The molecule has 0 spiro atoms. The van der Waals surface area contributed by atoms with Gasteiger partial charge in [-0.25, -0.2) is 0 Å². The van der Waals surface area contributed by atoms with Gasteiger partial charge in [0.25, 0.3) is 5.91 Å². The van der Waals surface area contributed by atoms with Gasteiger partial charge in [-0.15, -0.1) is 0 Å². The molecule has 0 saturated heterocycles. The molecular weight excluding hydrogens is 356 g/mol. The van der Waals surface area contributed by atoms with Crippen molar-refractivity contribution in [1.82, 2.24) is 5.32 Å². The van der Waals surface area contributed by atoms with Crippen LogP contribution in [0.2, 0.25) is 5.02 Å². The molecule has 0 aliphatic rings. The molecule has 2 rings (SSSR count). The molecular formula is C19H21ClN2O2S. The van der Waals surface area contributed by atoms with Gasteiger partial charge in [-0.05, 0) is 48.9 Å². The first-order valence-electron chi connectivity index (χ1n) is 8.13. The Morgan fingerprint density at radius 3 is 2.48 bits per heavy atom. The van der Waals surface area contributed by atoms with Gasteiger partial charge in [0.2, 0.25) is 5.91 Å². The van der Waals surface area contributed by atoms with Crippen LogP contribution in [0.1, 0.15) is 37.0 Å². The summed E-state index contributed by atoms with van der Waals surface area (Å²) in [7, 11) is 0. The Balaban J connectivity index is 2.22. The predicted octanol–water partition coefficient (Wildman–Crippen LogP) is 4.98. The maximum absolute atomic E-state index is 12.2. The van der Waals surface area contributed by atoms with Crippen molar-refractivity contribution < 1.29 is 9.59 Å². The van der Waals surface area contributed by atoms with E-state index in [1.165, 1.54) is 18.7 Å². The van der Waals surface area contributed by atoms with Crippen LogP contribution in [0.25, 0.3) is 0 Å². The Hall–Kier alpha value is -1.98. The average Bonchev–Trinajstić information content (AvgIpc) is 2.58. The molecule has 0 fully saturated rings. The highest BCUT2D eigenvalue weighted by Gasteiger charge is 2.11. The summed E-state index contributed by atoms with van der Waals surface area (Å²) in [5, 5.41) is 6.36. The lowest BCUT2D eigenvalue weighted by Crippen LogP contribution is -2.24. The molecule has 4 nitrogen and oxygen atoms in total. The van der Waals surface area contributed by atoms with Gasteiger partial charge >= 0.3 is 0 Å². The van der Waals surface area contributed by atoms with Gasteiger partial charge in [0.15, 0.2) is 0 Å². The number of hydrogen-bond acceptors (Lipinski definition) is 3.